The summed E-state index contributed by atoms with van der Waals surface area (Å²) < 4.78 is 1.85. The average molecular weight is 614 g/mol. The maximum atomic E-state index is 13.5. The van der Waals surface area contributed by atoms with Crippen molar-refractivity contribution >= 4 is 66.0 Å². The van der Waals surface area contributed by atoms with Gasteiger partial charge in [0, 0.05) is 44.1 Å². The predicted octanol–water partition coefficient (Wildman–Crippen LogP) is 7.03. The van der Waals surface area contributed by atoms with Gasteiger partial charge in [-0.1, -0.05) is 74.3 Å². The van der Waals surface area contributed by atoms with Crippen LogP contribution < -0.4 is 5.56 Å². The summed E-state index contributed by atoms with van der Waals surface area (Å²) >= 11 is 12.9. The summed E-state index contributed by atoms with van der Waals surface area (Å²) in [4.78, 5) is 29.5. The molecule has 1 unspecified atom stereocenters. The summed E-state index contributed by atoms with van der Waals surface area (Å²) in [6, 6.07) is 23.1. The van der Waals surface area contributed by atoms with Gasteiger partial charge in [-0.2, -0.15) is 5.10 Å². The van der Waals surface area contributed by atoms with Gasteiger partial charge in [-0.25, -0.2) is 5.01 Å². The molecule has 3 aromatic carbocycles. The van der Waals surface area contributed by atoms with E-state index >= 15 is 0 Å². The molecule has 0 radical (unpaired) electrons. The molecule has 0 aliphatic carbocycles. The molecule has 5 rings (SSSR count). The molecule has 0 saturated carbocycles. The van der Waals surface area contributed by atoms with E-state index in [2.05, 4.69) is 36.8 Å². The molecule has 1 aliphatic rings. The second kappa shape index (κ2) is 10.1. The van der Waals surface area contributed by atoms with E-state index in [0.29, 0.717) is 17.7 Å². The highest BCUT2D eigenvalue weighted by Crippen LogP contribution is 2.38. The van der Waals surface area contributed by atoms with Crippen LogP contribution in [0.3, 0.4) is 0 Å². The number of hydrazone groups is 1. The Morgan fingerprint density at radius 2 is 1.71 bits per heavy atom. The van der Waals surface area contributed by atoms with E-state index in [9.17, 15) is 9.59 Å². The van der Waals surface area contributed by atoms with Crippen LogP contribution in [0.25, 0.3) is 22.0 Å². The lowest BCUT2D eigenvalue weighted by Gasteiger charge is -2.21. The summed E-state index contributed by atoms with van der Waals surface area (Å²) in [5.41, 5.74) is 4.19. The van der Waals surface area contributed by atoms with E-state index in [1.807, 2.05) is 72.8 Å². The number of carbonyl (C=O) groups is 1. The van der Waals surface area contributed by atoms with Gasteiger partial charge in [-0.3, -0.25) is 9.59 Å². The number of H-pyrrole nitrogens is 1. The smallest absolute Gasteiger partial charge is 0.258 e. The number of nitrogens with zero attached hydrogens (tertiary/aromatic N) is 2. The number of carbonyl (C=O) groups excluding carboxylic acids is 1. The number of alkyl halides is 1. The number of hydrogen-bond acceptors (Lipinski definition) is 3. The molecular formula is C27H20Br2ClN3O2. The molecule has 0 bridgehead atoms. The highest BCUT2D eigenvalue weighted by Gasteiger charge is 2.35. The molecule has 4 aromatic rings. The van der Waals surface area contributed by atoms with Gasteiger partial charge < -0.3 is 4.98 Å². The number of nitrogens with one attached hydrogen (secondary N) is 1. The van der Waals surface area contributed by atoms with Crippen LogP contribution in [-0.4, -0.2) is 27.5 Å². The Hall–Kier alpha value is -2.74. The van der Waals surface area contributed by atoms with Crippen molar-refractivity contribution < 1.29 is 4.79 Å². The molecule has 0 spiro atoms. The number of aromatic amines is 1. The van der Waals surface area contributed by atoms with Crippen molar-refractivity contribution in [2.45, 2.75) is 18.9 Å². The molecule has 1 N–H and O–H groups in total. The van der Waals surface area contributed by atoms with Crippen LogP contribution in [0, 0.1) is 0 Å². The van der Waals surface area contributed by atoms with Crippen LogP contribution in [0.1, 0.15) is 30.0 Å². The SMILES string of the molecule is O=C(CCCl)N1N=C(c2c(-c3ccccc3)c3cc(Br)ccc3[nH]c2=O)CC1c1ccc(Br)cc1. The molecule has 1 atom stereocenters. The summed E-state index contributed by atoms with van der Waals surface area (Å²) in [5.74, 6) is 0.0248. The maximum absolute atomic E-state index is 13.5. The van der Waals surface area contributed by atoms with Crippen LogP contribution in [0.5, 0.6) is 0 Å². The van der Waals surface area contributed by atoms with Crippen molar-refractivity contribution in [1.82, 2.24) is 9.99 Å². The third-order valence-corrected chi connectivity index (χ3v) is 7.27. The first-order chi connectivity index (χ1) is 17.0. The van der Waals surface area contributed by atoms with Crippen molar-refractivity contribution in [2.24, 2.45) is 5.10 Å². The van der Waals surface area contributed by atoms with Gasteiger partial charge in [0.25, 0.3) is 5.56 Å². The number of halogens is 3. The fourth-order valence-electron chi connectivity index (χ4n) is 4.48. The third-order valence-electron chi connectivity index (χ3n) is 6.06. The number of aromatic nitrogens is 1. The molecule has 1 aliphatic heterocycles. The van der Waals surface area contributed by atoms with Crippen molar-refractivity contribution in [3.8, 4) is 11.1 Å². The molecule has 176 valence electrons. The number of amides is 1. The molecule has 0 fully saturated rings. The van der Waals surface area contributed by atoms with Crippen LogP contribution in [-0.2, 0) is 4.79 Å². The summed E-state index contributed by atoms with van der Waals surface area (Å²) in [5, 5.41) is 7.11. The number of pyridine rings is 1. The minimum atomic E-state index is -0.324. The Morgan fingerprint density at radius 3 is 2.43 bits per heavy atom. The zero-order valence-electron chi connectivity index (χ0n) is 18.5. The number of rotatable bonds is 5. The van der Waals surface area contributed by atoms with Crippen molar-refractivity contribution in [2.75, 3.05) is 5.88 Å². The van der Waals surface area contributed by atoms with E-state index in [-0.39, 0.29) is 29.8 Å². The van der Waals surface area contributed by atoms with Gasteiger partial charge in [0.2, 0.25) is 5.91 Å². The summed E-state index contributed by atoms with van der Waals surface area (Å²) in [7, 11) is 0. The van der Waals surface area contributed by atoms with Crippen LogP contribution >= 0.6 is 43.5 Å². The lowest BCUT2D eigenvalue weighted by molar-refractivity contribution is -0.132. The van der Waals surface area contributed by atoms with Gasteiger partial charge in [-0.05, 0) is 41.5 Å². The van der Waals surface area contributed by atoms with Gasteiger partial charge in [0.15, 0.2) is 0 Å². The summed E-state index contributed by atoms with van der Waals surface area (Å²) in [6.07, 6.45) is 0.579. The van der Waals surface area contributed by atoms with Gasteiger partial charge >= 0.3 is 0 Å². The Morgan fingerprint density at radius 1 is 1.00 bits per heavy atom. The molecule has 8 heteroatoms. The quantitative estimate of drug-likeness (QED) is 0.246. The molecule has 5 nitrogen and oxygen atoms in total. The van der Waals surface area contributed by atoms with E-state index in [0.717, 1.165) is 36.5 Å². The first-order valence-electron chi connectivity index (χ1n) is 11.1. The van der Waals surface area contributed by atoms with Gasteiger partial charge in [0.05, 0.1) is 17.3 Å². The Kier molecular flexibility index (Phi) is 6.91. The largest absolute Gasteiger partial charge is 0.321 e. The Bertz CT molecular complexity index is 1500. The molecule has 1 aromatic heterocycles. The monoisotopic (exact) mass is 611 g/mol. The van der Waals surface area contributed by atoms with Gasteiger partial charge in [-0.15, -0.1) is 11.6 Å². The zero-order valence-corrected chi connectivity index (χ0v) is 22.4. The normalized spacial score (nSPS) is 15.5. The topological polar surface area (TPSA) is 65.5 Å². The molecule has 35 heavy (non-hydrogen) atoms. The van der Waals surface area contributed by atoms with Crippen LogP contribution in [0.2, 0.25) is 0 Å². The van der Waals surface area contributed by atoms with Crippen LogP contribution in [0.15, 0.2) is 91.6 Å². The Balaban J connectivity index is 1.72. The minimum Gasteiger partial charge on any atom is -0.321 e. The molecule has 2 heterocycles. The van der Waals surface area contributed by atoms with Gasteiger partial charge in [0.1, 0.15) is 0 Å². The fraction of sp³-hybridized carbons (Fsp3) is 0.148. The lowest BCUT2D eigenvalue weighted by Crippen LogP contribution is -2.27. The minimum absolute atomic E-state index is 0.165. The van der Waals surface area contributed by atoms with Crippen molar-refractivity contribution in [3.05, 3.63) is 103 Å². The van der Waals surface area contributed by atoms with E-state index in [1.54, 1.807) is 0 Å². The van der Waals surface area contributed by atoms with E-state index in [4.69, 9.17) is 16.7 Å². The second-order valence-corrected chi connectivity index (χ2v) is 10.5. The molecule has 1 amide bonds. The average Bonchev–Trinajstić information content (AvgIpc) is 3.30. The van der Waals surface area contributed by atoms with Crippen LogP contribution in [0.4, 0.5) is 0 Å². The van der Waals surface area contributed by atoms with Crippen molar-refractivity contribution in [3.63, 3.8) is 0 Å². The third kappa shape index (κ3) is 4.73. The molecule has 0 saturated heterocycles. The highest BCUT2D eigenvalue weighted by molar-refractivity contribution is 9.10. The maximum Gasteiger partial charge on any atom is 0.258 e. The van der Waals surface area contributed by atoms with E-state index in [1.165, 1.54) is 5.01 Å². The first kappa shape index (κ1) is 24.0. The lowest BCUT2D eigenvalue weighted by atomic mass is 9.91. The predicted molar refractivity (Wildman–Crippen MR) is 148 cm³/mol. The first-order valence-corrected chi connectivity index (χ1v) is 13.2. The second-order valence-electron chi connectivity index (χ2n) is 8.26. The highest BCUT2D eigenvalue weighted by atomic mass is 79.9. The molecular weight excluding hydrogens is 594 g/mol. The number of fused-ring (bicyclic) bond motifs is 1. The van der Waals surface area contributed by atoms with Crippen molar-refractivity contribution in [1.29, 1.82) is 0 Å². The zero-order chi connectivity index (χ0) is 24.5. The standard InChI is InChI=1S/C27H20Br2ClN3O2/c28-18-8-6-16(7-9-18)23-15-22(32-33(23)24(34)12-13-30)26-25(17-4-2-1-3-5-17)20-14-19(29)10-11-21(20)31-27(26)35/h1-11,14,23H,12-13,15H2,(H,31,35). The van der Waals surface area contributed by atoms with E-state index < -0.39 is 0 Å². The summed E-state index contributed by atoms with van der Waals surface area (Å²) in [6.45, 7) is 0. The Labute approximate surface area is 224 Å². The number of benzene rings is 3. The fourth-order valence-corrected chi connectivity index (χ4v) is 5.26. The number of hydrogen-bond donors (Lipinski definition) is 1.